The van der Waals surface area contributed by atoms with Crippen molar-refractivity contribution in [3.63, 3.8) is 0 Å². The van der Waals surface area contributed by atoms with Gasteiger partial charge < -0.3 is 0 Å². The summed E-state index contributed by atoms with van der Waals surface area (Å²) in [7, 11) is 0. The molecule has 96 valence electrons. The first-order valence-electron chi connectivity index (χ1n) is 5.22. The van der Waals surface area contributed by atoms with Crippen LogP contribution in [0.15, 0.2) is 30.5 Å². The van der Waals surface area contributed by atoms with Gasteiger partial charge in [-0.1, -0.05) is 6.07 Å². The van der Waals surface area contributed by atoms with E-state index >= 15 is 0 Å². The summed E-state index contributed by atoms with van der Waals surface area (Å²) in [6.07, 6.45) is -3.23. The lowest BCUT2D eigenvalue weighted by molar-refractivity contribution is -0.141. The van der Waals surface area contributed by atoms with Crippen molar-refractivity contribution in [1.29, 1.82) is 0 Å². The Labute approximate surface area is 101 Å². The van der Waals surface area contributed by atoms with Gasteiger partial charge in [-0.05, 0) is 36.2 Å². The minimum Gasteiger partial charge on any atom is -0.268 e. The lowest BCUT2D eigenvalue weighted by Gasteiger charge is -2.06. The normalized spacial score (nSPS) is 11.8. The number of rotatable bonds is 2. The molecule has 0 bridgehead atoms. The van der Waals surface area contributed by atoms with Crippen LogP contribution in [0.2, 0.25) is 0 Å². The molecular formula is C12H10F4N2. The summed E-state index contributed by atoms with van der Waals surface area (Å²) in [4.78, 5) is 0. The van der Waals surface area contributed by atoms with Gasteiger partial charge in [0.15, 0.2) is 5.69 Å². The molecule has 2 nitrogen and oxygen atoms in total. The van der Waals surface area contributed by atoms with Crippen LogP contribution in [0.25, 0.3) is 0 Å². The van der Waals surface area contributed by atoms with E-state index in [1.165, 1.54) is 18.3 Å². The van der Waals surface area contributed by atoms with Crippen molar-refractivity contribution in [3.8, 4) is 0 Å². The molecule has 0 radical (unpaired) electrons. The highest BCUT2D eigenvalue weighted by Crippen LogP contribution is 2.27. The average molecular weight is 258 g/mol. The van der Waals surface area contributed by atoms with Crippen LogP contribution >= 0.6 is 0 Å². The zero-order chi connectivity index (χ0) is 13.3. The number of nitrogens with zero attached hydrogens (tertiary/aromatic N) is 2. The Morgan fingerprint density at radius 3 is 2.56 bits per heavy atom. The van der Waals surface area contributed by atoms with E-state index in [1.54, 1.807) is 13.0 Å². The number of aryl methyl sites for hydroxylation is 1. The summed E-state index contributed by atoms with van der Waals surface area (Å²) < 4.78 is 51.2. The maximum atomic E-state index is 13.0. The topological polar surface area (TPSA) is 17.8 Å². The zero-order valence-electron chi connectivity index (χ0n) is 9.50. The fourth-order valence-electron chi connectivity index (χ4n) is 1.59. The molecule has 2 rings (SSSR count). The molecular weight excluding hydrogens is 248 g/mol. The smallest absolute Gasteiger partial charge is 0.268 e. The van der Waals surface area contributed by atoms with Crippen molar-refractivity contribution in [1.82, 2.24) is 9.78 Å². The van der Waals surface area contributed by atoms with Gasteiger partial charge in [0, 0.05) is 6.20 Å². The molecule has 6 heteroatoms. The number of halogens is 4. The molecule has 0 amide bonds. The van der Waals surface area contributed by atoms with Crippen LogP contribution in [0.1, 0.15) is 16.8 Å². The molecule has 0 saturated heterocycles. The van der Waals surface area contributed by atoms with Gasteiger partial charge in [-0.15, -0.1) is 0 Å². The van der Waals surface area contributed by atoms with E-state index in [2.05, 4.69) is 5.10 Å². The molecule has 0 fully saturated rings. The highest BCUT2D eigenvalue weighted by atomic mass is 19.4. The fourth-order valence-corrected chi connectivity index (χ4v) is 1.59. The Balaban J connectivity index is 2.24. The van der Waals surface area contributed by atoms with Crippen LogP contribution in [-0.4, -0.2) is 9.78 Å². The number of benzene rings is 1. The second-order valence-electron chi connectivity index (χ2n) is 3.97. The molecule has 18 heavy (non-hydrogen) atoms. The van der Waals surface area contributed by atoms with Crippen LogP contribution in [-0.2, 0) is 12.7 Å². The van der Waals surface area contributed by atoms with Crippen molar-refractivity contribution >= 4 is 0 Å². The van der Waals surface area contributed by atoms with E-state index in [9.17, 15) is 17.6 Å². The van der Waals surface area contributed by atoms with E-state index in [1.807, 2.05) is 0 Å². The van der Waals surface area contributed by atoms with Gasteiger partial charge in [0.1, 0.15) is 5.82 Å². The van der Waals surface area contributed by atoms with Crippen molar-refractivity contribution < 1.29 is 17.6 Å². The minimum atomic E-state index is -4.46. The Bertz CT molecular complexity index is 557. The van der Waals surface area contributed by atoms with Gasteiger partial charge in [0.2, 0.25) is 0 Å². The first-order chi connectivity index (χ1) is 8.36. The van der Waals surface area contributed by atoms with Gasteiger partial charge in [0.25, 0.3) is 0 Å². The summed E-state index contributed by atoms with van der Waals surface area (Å²) in [5.41, 5.74) is 0.462. The fraction of sp³-hybridized carbons (Fsp3) is 0.250. The number of hydrogen-bond donors (Lipinski definition) is 0. The molecule has 0 aliphatic heterocycles. The third kappa shape index (κ3) is 2.69. The maximum absolute atomic E-state index is 13.0. The summed E-state index contributed by atoms with van der Waals surface area (Å²) in [6.45, 7) is 1.88. The van der Waals surface area contributed by atoms with Crippen LogP contribution in [0, 0.1) is 12.7 Å². The molecule has 1 aromatic heterocycles. The number of alkyl halides is 3. The van der Waals surface area contributed by atoms with Crippen molar-refractivity contribution in [2.24, 2.45) is 0 Å². The standard InChI is InChI=1S/C12H10F4N2/c1-8-2-3-10(13)6-9(8)7-18-5-4-11(17-18)12(14,15)16/h2-6H,7H2,1H3. The Morgan fingerprint density at radius 2 is 1.94 bits per heavy atom. The molecule has 1 aromatic carbocycles. The number of aromatic nitrogens is 2. The van der Waals surface area contributed by atoms with Gasteiger partial charge in [-0.25, -0.2) is 4.39 Å². The molecule has 2 aromatic rings. The molecule has 0 aliphatic carbocycles. The van der Waals surface area contributed by atoms with E-state index in [0.717, 1.165) is 16.3 Å². The Morgan fingerprint density at radius 1 is 1.22 bits per heavy atom. The van der Waals surface area contributed by atoms with E-state index < -0.39 is 17.7 Å². The quantitative estimate of drug-likeness (QED) is 0.755. The second-order valence-corrected chi connectivity index (χ2v) is 3.97. The van der Waals surface area contributed by atoms with Crippen LogP contribution < -0.4 is 0 Å². The first-order valence-corrected chi connectivity index (χ1v) is 5.22. The Kier molecular flexibility index (Phi) is 3.11. The number of hydrogen-bond acceptors (Lipinski definition) is 1. The van der Waals surface area contributed by atoms with E-state index in [0.29, 0.717) is 5.56 Å². The van der Waals surface area contributed by atoms with Gasteiger partial charge in [0.05, 0.1) is 6.54 Å². The summed E-state index contributed by atoms with van der Waals surface area (Å²) >= 11 is 0. The predicted molar refractivity (Wildman–Crippen MR) is 57.5 cm³/mol. The molecule has 0 unspecified atom stereocenters. The molecule has 0 N–H and O–H groups in total. The van der Waals surface area contributed by atoms with Crippen molar-refractivity contribution in [2.45, 2.75) is 19.6 Å². The third-order valence-corrected chi connectivity index (χ3v) is 2.57. The third-order valence-electron chi connectivity index (χ3n) is 2.57. The summed E-state index contributed by atoms with van der Waals surface area (Å²) in [5, 5.41) is 3.42. The molecule has 0 spiro atoms. The van der Waals surface area contributed by atoms with Crippen LogP contribution in [0.4, 0.5) is 17.6 Å². The highest BCUT2D eigenvalue weighted by molar-refractivity contribution is 5.26. The molecule has 0 aliphatic rings. The van der Waals surface area contributed by atoms with Gasteiger partial charge >= 0.3 is 6.18 Å². The largest absolute Gasteiger partial charge is 0.435 e. The monoisotopic (exact) mass is 258 g/mol. The Hall–Kier alpha value is -1.85. The average Bonchev–Trinajstić information content (AvgIpc) is 2.71. The van der Waals surface area contributed by atoms with Crippen molar-refractivity contribution in [3.05, 3.63) is 53.1 Å². The summed E-state index contributed by atoms with van der Waals surface area (Å²) in [5.74, 6) is -0.418. The highest BCUT2D eigenvalue weighted by Gasteiger charge is 2.33. The van der Waals surface area contributed by atoms with E-state index in [4.69, 9.17) is 0 Å². The molecule has 0 saturated carbocycles. The SMILES string of the molecule is Cc1ccc(F)cc1Cn1ccc(C(F)(F)F)n1. The van der Waals surface area contributed by atoms with Crippen LogP contribution in [0.5, 0.6) is 0 Å². The molecule has 1 heterocycles. The first kappa shape index (κ1) is 12.6. The lowest BCUT2D eigenvalue weighted by Crippen LogP contribution is -2.09. The summed E-state index contributed by atoms with van der Waals surface area (Å²) in [6, 6.07) is 5.08. The lowest BCUT2D eigenvalue weighted by atomic mass is 10.1. The predicted octanol–water partition coefficient (Wildman–Crippen LogP) is 3.40. The maximum Gasteiger partial charge on any atom is 0.435 e. The molecule has 0 atom stereocenters. The second kappa shape index (κ2) is 4.44. The van der Waals surface area contributed by atoms with Gasteiger partial charge in [-0.2, -0.15) is 18.3 Å². The van der Waals surface area contributed by atoms with E-state index in [-0.39, 0.29) is 6.54 Å². The van der Waals surface area contributed by atoms with Gasteiger partial charge in [-0.3, -0.25) is 4.68 Å². The minimum absolute atomic E-state index is 0.111. The van der Waals surface area contributed by atoms with Crippen molar-refractivity contribution in [2.75, 3.05) is 0 Å². The van der Waals surface area contributed by atoms with Crippen LogP contribution in [0.3, 0.4) is 0 Å². The zero-order valence-corrected chi connectivity index (χ0v) is 9.50.